The molecule has 0 radical (unpaired) electrons. The molecular weight excluding hydrogens is 250 g/mol. The molecule has 0 atom stereocenters. The molecule has 1 aliphatic heterocycles. The Bertz CT molecular complexity index is 611. The minimum absolute atomic E-state index is 0.572. The van der Waals surface area contributed by atoms with Gasteiger partial charge in [-0.3, -0.25) is 0 Å². The summed E-state index contributed by atoms with van der Waals surface area (Å²) >= 11 is 0. The molecule has 0 bridgehead atoms. The first-order chi connectivity index (χ1) is 9.76. The van der Waals surface area contributed by atoms with E-state index in [0.29, 0.717) is 5.41 Å². The van der Waals surface area contributed by atoms with Gasteiger partial charge < -0.3 is 4.90 Å². The molecule has 2 aliphatic rings. The van der Waals surface area contributed by atoms with E-state index in [1.807, 2.05) is 4.68 Å². The number of tetrazole rings is 1. The smallest absolute Gasteiger partial charge is 0.250 e. The number of nitrogens with zero attached hydrogens (tertiary/aromatic N) is 5. The molecule has 1 aromatic heterocycles. The standard InChI is InChI=1S/C15H19N5/c1-12-3-5-13(6-4-12)20-14(16-17-18-20)19-10-2-7-15(11-19)8-9-15/h3-6H,2,7-11H2,1H3. The van der Waals surface area contributed by atoms with Gasteiger partial charge in [0, 0.05) is 13.1 Å². The van der Waals surface area contributed by atoms with E-state index in [1.54, 1.807) is 0 Å². The van der Waals surface area contributed by atoms with E-state index in [2.05, 4.69) is 51.6 Å². The van der Waals surface area contributed by atoms with Gasteiger partial charge in [0.25, 0.3) is 0 Å². The molecule has 1 aliphatic carbocycles. The molecule has 2 aromatic rings. The Hall–Kier alpha value is -1.91. The number of benzene rings is 1. The van der Waals surface area contributed by atoms with Crippen LogP contribution < -0.4 is 4.90 Å². The third-order valence-electron chi connectivity index (χ3n) is 4.63. The quantitative estimate of drug-likeness (QED) is 0.839. The molecule has 0 N–H and O–H groups in total. The van der Waals surface area contributed by atoms with E-state index >= 15 is 0 Å². The lowest BCUT2D eigenvalue weighted by Crippen LogP contribution is -2.38. The van der Waals surface area contributed by atoms with E-state index in [0.717, 1.165) is 24.7 Å². The zero-order chi connectivity index (χ0) is 13.6. The lowest BCUT2D eigenvalue weighted by molar-refractivity contribution is 0.390. The van der Waals surface area contributed by atoms with Gasteiger partial charge in [-0.15, -0.1) is 0 Å². The van der Waals surface area contributed by atoms with Crippen LogP contribution >= 0.6 is 0 Å². The maximum Gasteiger partial charge on any atom is 0.250 e. The van der Waals surface area contributed by atoms with Gasteiger partial charge in [0.1, 0.15) is 0 Å². The molecule has 1 saturated carbocycles. The minimum atomic E-state index is 0.572. The highest BCUT2D eigenvalue weighted by atomic mass is 15.6. The fraction of sp³-hybridized carbons (Fsp3) is 0.533. The zero-order valence-corrected chi connectivity index (χ0v) is 11.8. The van der Waals surface area contributed by atoms with E-state index in [1.165, 1.54) is 31.2 Å². The molecular formula is C15H19N5. The van der Waals surface area contributed by atoms with Crippen molar-refractivity contribution in [3.05, 3.63) is 29.8 Å². The Morgan fingerprint density at radius 3 is 2.65 bits per heavy atom. The number of anilines is 1. The van der Waals surface area contributed by atoms with Crippen LogP contribution in [-0.4, -0.2) is 33.3 Å². The largest absolute Gasteiger partial charge is 0.339 e. The Balaban J connectivity index is 1.66. The van der Waals surface area contributed by atoms with Crippen LogP contribution in [0.5, 0.6) is 0 Å². The molecule has 104 valence electrons. The Morgan fingerprint density at radius 2 is 1.90 bits per heavy atom. The second-order valence-electron chi connectivity index (χ2n) is 6.25. The predicted octanol–water partition coefficient (Wildman–Crippen LogP) is 2.35. The summed E-state index contributed by atoms with van der Waals surface area (Å²) in [5.41, 5.74) is 2.85. The van der Waals surface area contributed by atoms with Crippen molar-refractivity contribution in [3.63, 3.8) is 0 Å². The zero-order valence-electron chi connectivity index (χ0n) is 11.8. The van der Waals surface area contributed by atoms with E-state index in [4.69, 9.17) is 0 Å². The van der Waals surface area contributed by atoms with E-state index in [9.17, 15) is 0 Å². The predicted molar refractivity (Wildman–Crippen MR) is 77.0 cm³/mol. The molecule has 1 aromatic carbocycles. The summed E-state index contributed by atoms with van der Waals surface area (Å²) < 4.78 is 1.86. The van der Waals surface area contributed by atoms with Crippen molar-refractivity contribution >= 4 is 5.95 Å². The first-order valence-corrected chi connectivity index (χ1v) is 7.36. The summed E-state index contributed by atoms with van der Waals surface area (Å²) in [7, 11) is 0. The summed E-state index contributed by atoms with van der Waals surface area (Å²) in [6, 6.07) is 8.34. The van der Waals surface area contributed by atoms with Gasteiger partial charge in [-0.05, 0) is 60.6 Å². The lowest BCUT2D eigenvalue weighted by Gasteiger charge is -2.33. The van der Waals surface area contributed by atoms with Crippen LogP contribution in [0.4, 0.5) is 5.95 Å². The third-order valence-corrected chi connectivity index (χ3v) is 4.63. The van der Waals surface area contributed by atoms with Crippen molar-refractivity contribution in [1.82, 2.24) is 20.2 Å². The third kappa shape index (κ3) is 1.97. The first kappa shape index (κ1) is 11.9. The van der Waals surface area contributed by atoms with Crippen LogP contribution in [0.3, 0.4) is 0 Å². The van der Waals surface area contributed by atoms with Crippen LogP contribution in [0.2, 0.25) is 0 Å². The van der Waals surface area contributed by atoms with Gasteiger partial charge in [0.15, 0.2) is 0 Å². The highest BCUT2D eigenvalue weighted by Gasteiger charge is 2.46. The highest BCUT2D eigenvalue weighted by Crippen LogP contribution is 2.52. The Morgan fingerprint density at radius 1 is 1.10 bits per heavy atom. The SMILES string of the molecule is Cc1ccc(-n2nnnc2N2CCCC3(CC3)C2)cc1. The van der Waals surface area contributed by atoms with Crippen LogP contribution in [0.1, 0.15) is 31.2 Å². The minimum Gasteiger partial charge on any atom is -0.339 e. The van der Waals surface area contributed by atoms with Crippen LogP contribution in [0.25, 0.3) is 5.69 Å². The Kier molecular flexibility index (Phi) is 2.55. The molecule has 2 heterocycles. The van der Waals surface area contributed by atoms with Gasteiger partial charge >= 0.3 is 0 Å². The van der Waals surface area contributed by atoms with Crippen molar-refractivity contribution in [2.75, 3.05) is 18.0 Å². The second-order valence-corrected chi connectivity index (χ2v) is 6.25. The Labute approximate surface area is 118 Å². The van der Waals surface area contributed by atoms with Gasteiger partial charge in [-0.2, -0.15) is 4.68 Å². The molecule has 2 fully saturated rings. The van der Waals surface area contributed by atoms with E-state index in [-0.39, 0.29) is 0 Å². The highest BCUT2D eigenvalue weighted by molar-refractivity contribution is 5.42. The first-order valence-electron chi connectivity index (χ1n) is 7.36. The van der Waals surface area contributed by atoms with Gasteiger partial charge in [-0.1, -0.05) is 22.8 Å². The van der Waals surface area contributed by atoms with Crippen LogP contribution in [0, 0.1) is 12.3 Å². The van der Waals surface area contributed by atoms with Crippen LogP contribution in [-0.2, 0) is 0 Å². The number of hydrogen-bond acceptors (Lipinski definition) is 4. The summed E-state index contributed by atoms with van der Waals surface area (Å²) in [5, 5.41) is 12.3. The van der Waals surface area contributed by atoms with Gasteiger partial charge in [0.05, 0.1) is 5.69 Å². The van der Waals surface area contributed by atoms with Gasteiger partial charge in [0.2, 0.25) is 5.95 Å². The van der Waals surface area contributed by atoms with Crippen molar-refractivity contribution in [2.45, 2.75) is 32.6 Å². The molecule has 0 amide bonds. The summed E-state index contributed by atoms with van der Waals surface area (Å²) in [5.74, 6) is 0.889. The molecule has 0 unspecified atom stereocenters. The summed E-state index contributed by atoms with van der Waals surface area (Å²) in [6.45, 7) is 4.26. The van der Waals surface area contributed by atoms with Gasteiger partial charge in [-0.25, -0.2) is 0 Å². The number of hydrogen-bond donors (Lipinski definition) is 0. The molecule has 1 spiro atoms. The molecule has 4 rings (SSSR count). The van der Waals surface area contributed by atoms with Crippen molar-refractivity contribution in [3.8, 4) is 5.69 Å². The summed E-state index contributed by atoms with van der Waals surface area (Å²) in [6.07, 6.45) is 5.36. The van der Waals surface area contributed by atoms with Crippen molar-refractivity contribution in [2.24, 2.45) is 5.41 Å². The second kappa shape index (κ2) is 4.30. The normalized spacial score (nSPS) is 20.4. The maximum atomic E-state index is 4.26. The number of piperidine rings is 1. The van der Waals surface area contributed by atoms with Crippen molar-refractivity contribution < 1.29 is 0 Å². The molecule has 1 saturated heterocycles. The number of aryl methyl sites for hydroxylation is 1. The fourth-order valence-electron chi connectivity index (χ4n) is 3.20. The number of aromatic nitrogens is 4. The fourth-order valence-corrected chi connectivity index (χ4v) is 3.20. The lowest BCUT2D eigenvalue weighted by atomic mass is 9.95. The average Bonchev–Trinajstić information content (AvgIpc) is 3.04. The topological polar surface area (TPSA) is 46.8 Å². The molecule has 20 heavy (non-hydrogen) atoms. The summed E-state index contributed by atoms with van der Waals surface area (Å²) in [4.78, 5) is 2.36. The number of rotatable bonds is 2. The maximum absolute atomic E-state index is 4.26. The molecule has 5 nitrogen and oxygen atoms in total. The van der Waals surface area contributed by atoms with Crippen LogP contribution in [0.15, 0.2) is 24.3 Å². The monoisotopic (exact) mass is 269 g/mol. The average molecular weight is 269 g/mol. The molecule has 5 heteroatoms. The van der Waals surface area contributed by atoms with Crippen molar-refractivity contribution in [1.29, 1.82) is 0 Å². The van der Waals surface area contributed by atoms with E-state index < -0.39 is 0 Å².